The monoisotopic (exact) mass is 529 g/mol. The molecule has 1 amide bonds. The van der Waals surface area contributed by atoms with Crippen LogP contribution in [0.5, 0.6) is 23.0 Å². The van der Waals surface area contributed by atoms with Crippen LogP contribution in [-0.2, 0) is 6.42 Å². The number of amides is 1. The van der Waals surface area contributed by atoms with Gasteiger partial charge in [-0.25, -0.2) is 4.79 Å². The van der Waals surface area contributed by atoms with Gasteiger partial charge in [0, 0.05) is 24.1 Å². The van der Waals surface area contributed by atoms with Crippen molar-refractivity contribution in [3.8, 4) is 23.0 Å². The van der Waals surface area contributed by atoms with Crippen LogP contribution in [0, 0.1) is 6.92 Å². The molecular formula is C31H31NO7. The fourth-order valence-electron chi connectivity index (χ4n) is 5.10. The number of fused-ring (bicyclic) bond motifs is 2. The van der Waals surface area contributed by atoms with E-state index in [0.29, 0.717) is 53.7 Å². The number of rotatable bonds is 8. The van der Waals surface area contributed by atoms with Crippen LogP contribution in [-0.4, -0.2) is 44.8 Å². The fourth-order valence-corrected chi connectivity index (χ4v) is 5.10. The Bertz CT molecular complexity index is 1580. The lowest BCUT2D eigenvalue weighted by atomic mass is 9.91. The molecule has 0 spiro atoms. The number of hydrogen-bond donors (Lipinski definition) is 0. The molecule has 0 radical (unpaired) electrons. The van der Waals surface area contributed by atoms with E-state index in [1.165, 1.54) is 6.07 Å². The summed E-state index contributed by atoms with van der Waals surface area (Å²) >= 11 is 0. The van der Waals surface area contributed by atoms with Crippen LogP contribution in [0.2, 0.25) is 0 Å². The van der Waals surface area contributed by atoms with E-state index in [2.05, 4.69) is 0 Å². The number of para-hydroxylation sites is 1. The molecular weight excluding hydrogens is 498 g/mol. The van der Waals surface area contributed by atoms with Crippen molar-refractivity contribution in [2.45, 2.75) is 26.3 Å². The average Bonchev–Trinajstić information content (AvgIpc) is 2.94. The summed E-state index contributed by atoms with van der Waals surface area (Å²) in [6, 6.07) is 17.6. The van der Waals surface area contributed by atoms with Crippen molar-refractivity contribution in [3.63, 3.8) is 0 Å². The van der Waals surface area contributed by atoms with Gasteiger partial charge < -0.3 is 28.3 Å². The zero-order chi connectivity index (χ0) is 27.5. The van der Waals surface area contributed by atoms with Crippen molar-refractivity contribution in [2.24, 2.45) is 0 Å². The maximum atomic E-state index is 13.9. The van der Waals surface area contributed by atoms with Crippen LogP contribution in [0.15, 0.2) is 69.9 Å². The van der Waals surface area contributed by atoms with E-state index in [9.17, 15) is 9.59 Å². The molecule has 0 N–H and O–H groups in total. The zero-order valence-corrected chi connectivity index (χ0v) is 22.5. The summed E-state index contributed by atoms with van der Waals surface area (Å²) in [5.41, 5.74) is 3.35. The highest BCUT2D eigenvalue weighted by Gasteiger charge is 2.34. The fraction of sp³-hybridized carbons (Fsp3) is 0.290. The van der Waals surface area contributed by atoms with Gasteiger partial charge in [-0.1, -0.05) is 12.1 Å². The smallest absolute Gasteiger partial charge is 0.336 e. The third kappa shape index (κ3) is 5.14. The van der Waals surface area contributed by atoms with Crippen LogP contribution >= 0.6 is 0 Å². The van der Waals surface area contributed by atoms with Crippen molar-refractivity contribution in [1.82, 2.24) is 4.90 Å². The summed E-state index contributed by atoms with van der Waals surface area (Å²) in [7, 11) is 3.19. The summed E-state index contributed by atoms with van der Waals surface area (Å²) in [6.07, 6.45) is 0.648. The molecule has 0 aliphatic carbocycles. The molecule has 3 aromatic carbocycles. The number of methoxy groups -OCH3 is 2. The molecule has 8 nitrogen and oxygen atoms in total. The second-order valence-electron chi connectivity index (χ2n) is 9.32. The molecule has 1 aromatic heterocycles. The lowest BCUT2D eigenvalue weighted by molar-refractivity contribution is 0.0585. The maximum absolute atomic E-state index is 13.9. The number of aryl methyl sites for hydroxylation is 1. The Labute approximate surface area is 226 Å². The molecule has 0 saturated carbocycles. The van der Waals surface area contributed by atoms with Gasteiger partial charge in [-0.2, -0.15) is 0 Å². The summed E-state index contributed by atoms with van der Waals surface area (Å²) in [4.78, 5) is 27.7. The van der Waals surface area contributed by atoms with Gasteiger partial charge in [0.1, 0.15) is 23.7 Å². The highest BCUT2D eigenvalue weighted by molar-refractivity contribution is 5.97. The van der Waals surface area contributed by atoms with Crippen molar-refractivity contribution in [1.29, 1.82) is 0 Å². The van der Waals surface area contributed by atoms with Gasteiger partial charge >= 0.3 is 5.63 Å². The Hall–Kier alpha value is -4.46. The third-order valence-corrected chi connectivity index (χ3v) is 7.01. The van der Waals surface area contributed by atoms with Crippen LogP contribution in [0.1, 0.15) is 40.0 Å². The highest BCUT2D eigenvalue weighted by atomic mass is 16.5. The number of carbonyl (C=O) groups excluding carboxylic acids is 1. The normalized spacial score (nSPS) is 14.6. The second-order valence-corrected chi connectivity index (χ2v) is 9.32. The predicted octanol–water partition coefficient (Wildman–Crippen LogP) is 5.34. The van der Waals surface area contributed by atoms with E-state index in [1.807, 2.05) is 55.1 Å². The lowest BCUT2D eigenvalue weighted by Gasteiger charge is -2.38. The molecule has 8 heteroatoms. The Morgan fingerprint density at radius 3 is 2.51 bits per heavy atom. The topological polar surface area (TPSA) is 87.4 Å². The van der Waals surface area contributed by atoms with E-state index in [1.54, 1.807) is 32.4 Å². The second kappa shape index (κ2) is 11.1. The van der Waals surface area contributed by atoms with Gasteiger partial charge in [0.05, 0.1) is 32.4 Å². The summed E-state index contributed by atoms with van der Waals surface area (Å²) < 4.78 is 28.5. The van der Waals surface area contributed by atoms with Crippen LogP contribution < -0.4 is 24.6 Å². The van der Waals surface area contributed by atoms with Crippen molar-refractivity contribution < 1.29 is 28.2 Å². The molecule has 202 valence electrons. The van der Waals surface area contributed by atoms with Gasteiger partial charge in [-0.3, -0.25) is 4.79 Å². The number of ether oxygens (including phenoxy) is 4. The molecule has 1 unspecified atom stereocenters. The molecule has 1 aliphatic heterocycles. The molecule has 4 aromatic rings. The van der Waals surface area contributed by atoms with E-state index in [4.69, 9.17) is 23.4 Å². The molecule has 0 bridgehead atoms. The van der Waals surface area contributed by atoms with Gasteiger partial charge in [0.15, 0.2) is 11.5 Å². The van der Waals surface area contributed by atoms with E-state index < -0.39 is 11.7 Å². The first-order valence-corrected chi connectivity index (χ1v) is 12.9. The minimum absolute atomic E-state index is 0.145. The van der Waals surface area contributed by atoms with Crippen molar-refractivity contribution in [3.05, 3.63) is 93.3 Å². The van der Waals surface area contributed by atoms with Crippen LogP contribution in [0.4, 0.5) is 0 Å². The minimum Gasteiger partial charge on any atom is -0.493 e. The standard InChI is InChI=1S/C31H31NO7/c1-5-37-26-9-7-6-8-23(26)31(34)32-13-12-20-15-28(35-3)29(36-4)17-24(20)25(32)18-38-21-10-11-22-19(2)14-30(33)39-27(22)16-21/h6-11,14-17,25H,5,12-13,18H2,1-4H3. The third-order valence-electron chi connectivity index (χ3n) is 7.01. The Balaban J connectivity index is 1.53. The molecule has 2 heterocycles. The first kappa shape index (κ1) is 26.2. The average molecular weight is 530 g/mol. The first-order valence-electron chi connectivity index (χ1n) is 12.9. The number of benzene rings is 3. The molecule has 1 atom stereocenters. The summed E-state index contributed by atoms with van der Waals surface area (Å²) in [5.74, 6) is 2.15. The Kier molecular flexibility index (Phi) is 7.45. The largest absolute Gasteiger partial charge is 0.493 e. The maximum Gasteiger partial charge on any atom is 0.336 e. The van der Waals surface area contributed by atoms with Crippen LogP contribution in [0.25, 0.3) is 11.0 Å². The molecule has 0 fully saturated rings. The van der Waals surface area contributed by atoms with Crippen molar-refractivity contribution in [2.75, 3.05) is 34.0 Å². The van der Waals surface area contributed by atoms with Crippen molar-refractivity contribution >= 4 is 16.9 Å². The number of nitrogens with zero attached hydrogens (tertiary/aromatic N) is 1. The molecule has 39 heavy (non-hydrogen) atoms. The molecule has 1 aliphatic rings. The number of hydrogen-bond acceptors (Lipinski definition) is 7. The number of carbonyl (C=O) groups is 1. The van der Waals surface area contributed by atoms with E-state index in [-0.39, 0.29) is 12.5 Å². The first-order chi connectivity index (χ1) is 18.9. The van der Waals surface area contributed by atoms with Gasteiger partial charge in [-0.15, -0.1) is 0 Å². The van der Waals surface area contributed by atoms with E-state index in [0.717, 1.165) is 22.1 Å². The Morgan fingerprint density at radius 1 is 0.974 bits per heavy atom. The minimum atomic E-state index is -0.420. The van der Waals surface area contributed by atoms with E-state index >= 15 is 0 Å². The molecule has 5 rings (SSSR count). The highest BCUT2D eigenvalue weighted by Crippen LogP contribution is 2.39. The summed E-state index contributed by atoms with van der Waals surface area (Å²) in [6.45, 7) is 4.87. The predicted molar refractivity (Wildman–Crippen MR) is 147 cm³/mol. The van der Waals surface area contributed by atoms with Gasteiger partial charge in [-0.05, 0) is 73.4 Å². The molecule has 0 saturated heterocycles. The summed E-state index contributed by atoms with van der Waals surface area (Å²) in [5, 5.41) is 0.839. The Morgan fingerprint density at radius 2 is 1.74 bits per heavy atom. The lowest BCUT2D eigenvalue weighted by Crippen LogP contribution is -2.42. The van der Waals surface area contributed by atoms with Gasteiger partial charge in [0.25, 0.3) is 5.91 Å². The zero-order valence-electron chi connectivity index (χ0n) is 22.5. The van der Waals surface area contributed by atoms with Crippen LogP contribution in [0.3, 0.4) is 0 Å². The van der Waals surface area contributed by atoms with Gasteiger partial charge in [0.2, 0.25) is 0 Å². The SMILES string of the molecule is CCOc1ccccc1C(=O)N1CCc2cc(OC)c(OC)cc2C1COc1ccc2c(C)cc(=O)oc2c1. The quantitative estimate of drug-likeness (QED) is 0.285.